The third-order valence-corrected chi connectivity index (χ3v) is 3.40. The van der Waals surface area contributed by atoms with Crippen LogP contribution in [0, 0.1) is 0 Å². The van der Waals surface area contributed by atoms with Crippen molar-refractivity contribution in [1.82, 2.24) is 0 Å². The molecule has 0 unspecified atom stereocenters. The van der Waals surface area contributed by atoms with E-state index in [1.165, 1.54) is 14.2 Å². The van der Waals surface area contributed by atoms with Gasteiger partial charge in [0.25, 0.3) is 0 Å². The van der Waals surface area contributed by atoms with Gasteiger partial charge in [0.1, 0.15) is 0 Å². The number of allylic oxidation sites excluding steroid dienone is 1. The lowest BCUT2D eigenvalue weighted by atomic mass is 9.87. The number of halogens is 1. The summed E-state index contributed by atoms with van der Waals surface area (Å²) in [5.41, 5.74) is -1.50. The molecule has 0 aromatic heterocycles. The van der Waals surface area contributed by atoms with Crippen molar-refractivity contribution in [3.63, 3.8) is 0 Å². The van der Waals surface area contributed by atoms with Crippen LogP contribution in [0.5, 0.6) is 0 Å². The Morgan fingerprint density at radius 1 is 1.57 bits per heavy atom. The fourth-order valence-corrected chi connectivity index (χ4v) is 2.32. The molecule has 5 heteroatoms. The molecule has 0 bridgehead atoms. The molecule has 14 heavy (non-hydrogen) atoms. The lowest BCUT2D eigenvalue weighted by Crippen LogP contribution is -2.55. The molecule has 0 amide bonds. The summed E-state index contributed by atoms with van der Waals surface area (Å²) in [4.78, 5) is 0. The predicted molar refractivity (Wildman–Crippen MR) is 55.0 cm³/mol. The third-order valence-electron chi connectivity index (χ3n) is 2.44. The van der Waals surface area contributed by atoms with Crippen LogP contribution < -0.4 is 0 Å². The highest BCUT2D eigenvalue weighted by atomic mass is 79.9. The van der Waals surface area contributed by atoms with E-state index in [9.17, 15) is 10.2 Å². The SMILES string of the molecule is COC(OC)[C@]1(O)C(Br)=CCC[C@H]1O. The molecule has 82 valence electrons. The molecule has 0 spiro atoms. The number of aliphatic hydroxyl groups is 2. The van der Waals surface area contributed by atoms with E-state index in [-0.39, 0.29) is 0 Å². The Morgan fingerprint density at radius 3 is 2.57 bits per heavy atom. The lowest BCUT2D eigenvalue weighted by Gasteiger charge is -2.39. The van der Waals surface area contributed by atoms with Gasteiger partial charge < -0.3 is 19.7 Å². The van der Waals surface area contributed by atoms with Crippen LogP contribution >= 0.6 is 15.9 Å². The van der Waals surface area contributed by atoms with Crippen LogP contribution in [0.25, 0.3) is 0 Å². The van der Waals surface area contributed by atoms with Crippen LogP contribution in [-0.4, -0.2) is 42.4 Å². The summed E-state index contributed by atoms with van der Waals surface area (Å²) in [7, 11) is 2.85. The zero-order valence-corrected chi connectivity index (χ0v) is 9.82. The van der Waals surface area contributed by atoms with E-state index in [0.29, 0.717) is 10.9 Å². The first-order valence-electron chi connectivity index (χ1n) is 4.39. The van der Waals surface area contributed by atoms with Crippen LogP contribution in [0.4, 0.5) is 0 Å². The van der Waals surface area contributed by atoms with Crippen molar-refractivity contribution in [2.24, 2.45) is 0 Å². The summed E-state index contributed by atoms with van der Waals surface area (Å²) in [6, 6.07) is 0. The van der Waals surface area contributed by atoms with Gasteiger partial charge in [-0.3, -0.25) is 0 Å². The molecule has 0 aromatic carbocycles. The molecule has 4 nitrogen and oxygen atoms in total. The average Bonchev–Trinajstić information content (AvgIpc) is 2.16. The summed E-state index contributed by atoms with van der Waals surface area (Å²) in [6.07, 6.45) is 1.28. The minimum Gasteiger partial charge on any atom is -0.390 e. The molecule has 1 rings (SSSR count). The first kappa shape index (κ1) is 12.1. The van der Waals surface area contributed by atoms with Crippen molar-refractivity contribution >= 4 is 15.9 Å². The van der Waals surface area contributed by atoms with Gasteiger partial charge >= 0.3 is 0 Å². The second-order valence-corrected chi connectivity index (χ2v) is 4.13. The zero-order chi connectivity index (χ0) is 10.8. The number of rotatable bonds is 3. The van der Waals surface area contributed by atoms with Gasteiger partial charge in [-0.05, 0) is 12.8 Å². The number of aliphatic hydroxyl groups excluding tert-OH is 1. The van der Waals surface area contributed by atoms with Crippen molar-refractivity contribution < 1.29 is 19.7 Å². The number of hydrogen-bond acceptors (Lipinski definition) is 4. The van der Waals surface area contributed by atoms with Crippen LogP contribution in [0.1, 0.15) is 12.8 Å². The second-order valence-electron chi connectivity index (χ2n) is 3.27. The van der Waals surface area contributed by atoms with E-state index in [2.05, 4.69) is 15.9 Å². The van der Waals surface area contributed by atoms with E-state index in [1.807, 2.05) is 6.08 Å². The molecule has 0 saturated carbocycles. The normalized spacial score (nSPS) is 33.3. The Kier molecular flexibility index (Phi) is 4.09. The maximum absolute atomic E-state index is 10.3. The molecule has 2 atom stereocenters. The first-order chi connectivity index (χ1) is 6.57. The summed E-state index contributed by atoms with van der Waals surface area (Å²) < 4.78 is 10.5. The van der Waals surface area contributed by atoms with Crippen molar-refractivity contribution in [2.75, 3.05) is 14.2 Å². The third kappa shape index (κ3) is 1.87. The standard InChI is InChI=1S/C9H15BrO4/c1-13-8(14-2)9(12)6(10)4-3-5-7(9)11/h4,7-8,11-12H,3,5H2,1-2H3/t7-,9+/m1/s1. The van der Waals surface area contributed by atoms with Crippen LogP contribution in [0.3, 0.4) is 0 Å². The van der Waals surface area contributed by atoms with Gasteiger partial charge in [0.15, 0.2) is 11.9 Å². The smallest absolute Gasteiger partial charge is 0.193 e. The molecule has 0 fully saturated rings. The molecule has 0 heterocycles. The Bertz CT molecular complexity index is 227. The molecule has 0 aliphatic heterocycles. The van der Waals surface area contributed by atoms with Crippen LogP contribution in [-0.2, 0) is 9.47 Å². The Labute approximate surface area is 91.6 Å². The fraction of sp³-hybridized carbons (Fsp3) is 0.778. The van der Waals surface area contributed by atoms with Crippen LogP contribution in [0.2, 0.25) is 0 Å². The molecule has 0 radical (unpaired) electrons. The monoisotopic (exact) mass is 266 g/mol. The summed E-state index contributed by atoms with van der Waals surface area (Å²) >= 11 is 3.22. The molecular formula is C9H15BrO4. The van der Waals surface area contributed by atoms with Gasteiger partial charge in [-0.1, -0.05) is 22.0 Å². The van der Waals surface area contributed by atoms with Gasteiger partial charge in [0.2, 0.25) is 0 Å². The van der Waals surface area contributed by atoms with Crippen molar-refractivity contribution in [1.29, 1.82) is 0 Å². The molecular weight excluding hydrogens is 252 g/mol. The van der Waals surface area contributed by atoms with E-state index in [4.69, 9.17) is 9.47 Å². The van der Waals surface area contributed by atoms with Gasteiger partial charge in [-0.25, -0.2) is 0 Å². The highest BCUT2D eigenvalue weighted by Gasteiger charge is 2.48. The van der Waals surface area contributed by atoms with Gasteiger partial charge in [-0.2, -0.15) is 0 Å². The predicted octanol–water partition coefficient (Wildman–Crippen LogP) is 0.770. The van der Waals surface area contributed by atoms with E-state index < -0.39 is 18.0 Å². The zero-order valence-electron chi connectivity index (χ0n) is 8.24. The van der Waals surface area contributed by atoms with E-state index >= 15 is 0 Å². The molecule has 1 aliphatic rings. The van der Waals surface area contributed by atoms with Crippen LogP contribution in [0.15, 0.2) is 10.6 Å². The van der Waals surface area contributed by atoms with Crippen molar-refractivity contribution in [3.8, 4) is 0 Å². The highest BCUT2D eigenvalue weighted by Crippen LogP contribution is 2.37. The second kappa shape index (κ2) is 4.72. The Balaban J connectivity index is 2.97. The summed E-state index contributed by atoms with van der Waals surface area (Å²) in [6.45, 7) is 0. The largest absolute Gasteiger partial charge is 0.390 e. The van der Waals surface area contributed by atoms with E-state index in [0.717, 1.165) is 6.42 Å². The number of ether oxygens (including phenoxy) is 2. The van der Waals surface area contributed by atoms with Gasteiger partial charge in [-0.15, -0.1) is 0 Å². The Hall–Kier alpha value is 0.0600. The summed E-state index contributed by atoms with van der Waals surface area (Å²) in [5, 5.41) is 20.0. The van der Waals surface area contributed by atoms with Crippen molar-refractivity contribution in [2.45, 2.75) is 30.8 Å². The fourth-order valence-electron chi connectivity index (χ4n) is 1.64. The van der Waals surface area contributed by atoms with Gasteiger partial charge in [0.05, 0.1) is 6.10 Å². The minimum absolute atomic E-state index is 0.495. The quantitative estimate of drug-likeness (QED) is 0.741. The van der Waals surface area contributed by atoms with Gasteiger partial charge in [0, 0.05) is 18.7 Å². The maximum Gasteiger partial charge on any atom is 0.193 e. The molecule has 0 saturated heterocycles. The maximum atomic E-state index is 10.3. The minimum atomic E-state index is -1.50. The molecule has 2 N–H and O–H groups in total. The summed E-state index contributed by atoms with van der Waals surface area (Å²) in [5.74, 6) is 0. The van der Waals surface area contributed by atoms with Crippen molar-refractivity contribution in [3.05, 3.63) is 10.6 Å². The number of hydrogen-bond donors (Lipinski definition) is 2. The topological polar surface area (TPSA) is 58.9 Å². The molecule has 0 aromatic rings. The first-order valence-corrected chi connectivity index (χ1v) is 5.18. The lowest BCUT2D eigenvalue weighted by molar-refractivity contribution is -0.230. The van der Waals surface area contributed by atoms with E-state index in [1.54, 1.807) is 0 Å². The molecule has 1 aliphatic carbocycles. The highest BCUT2D eigenvalue weighted by molar-refractivity contribution is 9.11. The average molecular weight is 267 g/mol. The number of methoxy groups -OCH3 is 2. The Morgan fingerprint density at radius 2 is 2.14 bits per heavy atom.